The van der Waals surface area contributed by atoms with Gasteiger partial charge >= 0.3 is 0 Å². The fourth-order valence-corrected chi connectivity index (χ4v) is 1.91. The predicted molar refractivity (Wildman–Crippen MR) is 59.2 cm³/mol. The number of hydrogen-bond donors (Lipinski definition) is 3. The molecule has 1 aliphatic carbocycles. The lowest BCUT2D eigenvalue weighted by Gasteiger charge is -2.19. The first-order chi connectivity index (χ1) is 7.02. The minimum Gasteiger partial charge on any atom is -0.393 e. The van der Waals surface area contributed by atoms with E-state index >= 15 is 0 Å². The van der Waals surface area contributed by atoms with Crippen LogP contribution in [0.15, 0.2) is 0 Å². The van der Waals surface area contributed by atoms with E-state index in [1.807, 2.05) is 13.8 Å². The molecule has 1 saturated carbocycles. The third-order valence-electron chi connectivity index (χ3n) is 3.18. The number of nitrogens with one attached hydrogen (secondary N) is 1. The smallest absolute Gasteiger partial charge is 0.237 e. The Kier molecular flexibility index (Phi) is 4.54. The van der Waals surface area contributed by atoms with Crippen LogP contribution in [0.1, 0.15) is 33.1 Å². The fraction of sp³-hybridized carbons (Fsp3) is 0.909. The Morgan fingerprint density at radius 3 is 2.67 bits per heavy atom. The number of amides is 1. The highest BCUT2D eigenvalue weighted by Crippen LogP contribution is 2.24. The summed E-state index contributed by atoms with van der Waals surface area (Å²) in [6.45, 7) is 4.41. The largest absolute Gasteiger partial charge is 0.393 e. The van der Waals surface area contributed by atoms with Crippen LogP contribution in [0.25, 0.3) is 0 Å². The summed E-state index contributed by atoms with van der Waals surface area (Å²) < 4.78 is 0. The van der Waals surface area contributed by atoms with Gasteiger partial charge in [0.2, 0.25) is 5.91 Å². The van der Waals surface area contributed by atoms with E-state index in [-0.39, 0.29) is 23.8 Å². The van der Waals surface area contributed by atoms with E-state index < -0.39 is 6.04 Å². The van der Waals surface area contributed by atoms with Gasteiger partial charge in [-0.15, -0.1) is 0 Å². The van der Waals surface area contributed by atoms with Crippen LogP contribution in [0.5, 0.6) is 0 Å². The number of nitrogens with two attached hydrogens (primary N) is 1. The molecule has 88 valence electrons. The highest BCUT2D eigenvalue weighted by molar-refractivity contribution is 5.81. The summed E-state index contributed by atoms with van der Waals surface area (Å²) in [6, 6.07) is -0.441. The van der Waals surface area contributed by atoms with Crippen LogP contribution in [-0.4, -0.2) is 29.7 Å². The van der Waals surface area contributed by atoms with E-state index in [0.29, 0.717) is 6.54 Å². The van der Waals surface area contributed by atoms with Crippen molar-refractivity contribution in [3.8, 4) is 0 Å². The standard InChI is InChI=1S/C11H22N2O2/c1-7(2)10(12)11(15)13-6-8-4-3-5-9(8)14/h7-10,14H,3-6,12H2,1-2H3,(H,13,15)/t8?,9?,10-/m1/s1. The average Bonchev–Trinajstić information content (AvgIpc) is 2.59. The maximum absolute atomic E-state index is 11.5. The highest BCUT2D eigenvalue weighted by Gasteiger charge is 2.26. The molecule has 0 aromatic carbocycles. The van der Waals surface area contributed by atoms with Gasteiger partial charge in [0, 0.05) is 12.5 Å². The second-order valence-electron chi connectivity index (χ2n) is 4.77. The molecule has 0 aromatic rings. The SMILES string of the molecule is CC(C)[C@@H](N)C(=O)NCC1CCCC1O. The number of hydrogen-bond acceptors (Lipinski definition) is 3. The van der Waals surface area contributed by atoms with Crippen molar-refractivity contribution >= 4 is 5.91 Å². The summed E-state index contributed by atoms with van der Waals surface area (Å²) >= 11 is 0. The van der Waals surface area contributed by atoms with Crippen LogP contribution >= 0.6 is 0 Å². The molecule has 0 spiro atoms. The Hall–Kier alpha value is -0.610. The van der Waals surface area contributed by atoms with E-state index in [0.717, 1.165) is 19.3 Å². The van der Waals surface area contributed by atoms with E-state index in [9.17, 15) is 9.90 Å². The molecule has 1 fully saturated rings. The van der Waals surface area contributed by atoms with Crippen LogP contribution < -0.4 is 11.1 Å². The van der Waals surface area contributed by atoms with Crippen LogP contribution in [0.4, 0.5) is 0 Å². The molecule has 0 bridgehead atoms. The molecule has 1 rings (SSSR count). The first-order valence-electron chi connectivity index (χ1n) is 5.73. The van der Waals surface area contributed by atoms with Crippen molar-refractivity contribution in [2.45, 2.75) is 45.3 Å². The average molecular weight is 214 g/mol. The molecule has 0 saturated heterocycles. The molecular formula is C11H22N2O2. The Balaban J connectivity index is 2.27. The van der Waals surface area contributed by atoms with Crippen LogP contribution in [0.3, 0.4) is 0 Å². The molecule has 0 heterocycles. The van der Waals surface area contributed by atoms with Gasteiger partial charge in [0.05, 0.1) is 12.1 Å². The summed E-state index contributed by atoms with van der Waals surface area (Å²) in [7, 11) is 0. The van der Waals surface area contributed by atoms with E-state index in [1.54, 1.807) is 0 Å². The van der Waals surface area contributed by atoms with Crippen LogP contribution in [0.2, 0.25) is 0 Å². The maximum Gasteiger partial charge on any atom is 0.237 e. The Morgan fingerprint density at radius 2 is 2.20 bits per heavy atom. The van der Waals surface area contributed by atoms with Gasteiger partial charge in [0.15, 0.2) is 0 Å². The lowest BCUT2D eigenvalue weighted by molar-refractivity contribution is -0.123. The highest BCUT2D eigenvalue weighted by atomic mass is 16.3. The van der Waals surface area contributed by atoms with E-state index in [1.165, 1.54) is 0 Å². The van der Waals surface area contributed by atoms with Gasteiger partial charge < -0.3 is 16.2 Å². The van der Waals surface area contributed by atoms with Crippen molar-refractivity contribution in [3.05, 3.63) is 0 Å². The molecule has 15 heavy (non-hydrogen) atoms. The summed E-state index contributed by atoms with van der Waals surface area (Å²) in [6.07, 6.45) is 2.66. The normalized spacial score (nSPS) is 28.1. The summed E-state index contributed by atoms with van der Waals surface area (Å²) in [4.78, 5) is 11.5. The Labute approximate surface area is 91.2 Å². The number of aliphatic hydroxyl groups excluding tert-OH is 1. The number of rotatable bonds is 4. The lowest BCUT2D eigenvalue weighted by atomic mass is 10.0. The third-order valence-corrected chi connectivity index (χ3v) is 3.18. The zero-order valence-corrected chi connectivity index (χ0v) is 9.57. The topological polar surface area (TPSA) is 75.4 Å². The second-order valence-corrected chi connectivity index (χ2v) is 4.77. The Bertz CT molecular complexity index is 219. The van der Waals surface area contributed by atoms with Gasteiger partial charge in [-0.2, -0.15) is 0 Å². The maximum atomic E-state index is 11.5. The molecule has 2 unspecified atom stereocenters. The van der Waals surface area contributed by atoms with Crippen molar-refractivity contribution in [1.82, 2.24) is 5.32 Å². The second kappa shape index (κ2) is 5.47. The molecule has 4 heteroatoms. The van der Waals surface area contributed by atoms with Gasteiger partial charge in [-0.1, -0.05) is 20.3 Å². The van der Waals surface area contributed by atoms with Gasteiger partial charge in [-0.05, 0) is 18.8 Å². The van der Waals surface area contributed by atoms with Gasteiger partial charge in [0.1, 0.15) is 0 Å². The van der Waals surface area contributed by atoms with Gasteiger partial charge in [-0.25, -0.2) is 0 Å². The molecule has 4 nitrogen and oxygen atoms in total. The van der Waals surface area contributed by atoms with Crippen molar-refractivity contribution in [2.24, 2.45) is 17.6 Å². The summed E-state index contributed by atoms with van der Waals surface area (Å²) in [5.41, 5.74) is 5.70. The predicted octanol–water partition coefficient (Wildman–Crippen LogP) is 0.247. The minimum absolute atomic E-state index is 0.107. The van der Waals surface area contributed by atoms with Crippen molar-refractivity contribution < 1.29 is 9.90 Å². The monoisotopic (exact) mass is 214 g/mol. The summed E-state index contributed by atoms with van der Waals surface area (Å²) in [5, 5.41) is 12.4. The zero-order valence-electron chi connectivity index (χ0n) is 9.57. The zero-order chi connectivity index (χ0) is 11.4. The molecule has 0 radical (unpaired) electrons. The molecule has 0 aliphatic heterocycles. The minimum atomic E-state index is -0.441. The molecule has 1 amide bonds. The summed E-state index contributed by atoms with van der Waals surface area (Å²) in [5.74, 6) is 0.260. The number of carbonyl (C=O) groups is 1. The molecular weight excluding hydrogens is 192 g/mol. The molecule has 3 atom stereocenters. The van der Waals surface area contributed by atoms with Crippen molar-refractivity contribution in [3.63, 3.8) is 0 Å². The Morgan fingerprint density at radius 1 is 1.53 bits per heavy atom. The van der Waals surface area contributed by atoms with Crippen molar-refractivity contribution in [1.29, 1.82) is 0 Å². The van der Waals surface area contributed by atoms with E-state index in [4.69, 9.17) is 5.73 Å². The number of aliphatic hydroxyl groups is 1. The first kappa shape index (κ1) is 12.5. The first-order valence-corrected chi connectivity index (χ1v) is 5.73. The number of carbonyl (C=O) groups excluding carboxylic acids is 1. The van der Waals surface area contributed by atoms with Gasteiger partial charge in [0.25, 0.3) is 0 Å². The van der Waals surface area contributed by atoms with Crippen molar-refractivity contribution in [2.75, 3.05) is 6.54 Å². The lowest BCUT2D eigenvalue weighted by Crippen LogP contribution is -2.45. The van der Waals surface area contributed by atoms with Gasteiger partial charge in [-0.3, -0.25) is 4.79 Å². The quantitative estimate of drug-likeness (QED) is 0.628. The van der Waals surface area contributed by atoms with E-state index in [2.05, 4.69) is 5.32 Å². The third kappa shape index (κ3) is 3.47. The fourth-order valence-electron chi connectivity index (χ4n) is 1.91. The van der Waals surface area contributed by atoms with Crippen LogP contribution in [0, 0.1) is 11.8 Å². The molecule has 4 N–H and O–H groups in total. The molecule has 1 aliphatic rings. The molecule has 0 aromatic heterocycles. The van der Waals surface area contributed by atoms with Crippen LogP contribution in [-0.2, 0) is 4.79 Å².